The first kappa shape index (κ1) is 21.8. The molecule has 0 N–H and O–H groups in total. The van der Waals surface area contributed by atoms with Gasteiger partial charge in [0.2, 0.25) is 5.91 Å². The van der Waals surface area contributed by atoms with Crippen LogP contribution in [0.25, 0.3) is 0 Å². The molecule has 0 aliphatic heterocycles. The Hall–Kier alpha value is -1.87. The Kier molecular flexibility index (Phi) is 7.71. The van der Waals surface area contributed by atoms with Gasteiger partial charge >= 0.3 is 0 Å². The highest BCUT2D eigenvalue weighted by atomic mass is 35.5. The second kappa shape index (κ2) is 10.2. The third kappa shape index (κ3) is 6.05. The molecule has 3 nitrogen and oxygen atoms in total. The molecular weight excluding hydrogens is 382 g/mol. The van der Waals surface area contributed by atoms with Crippen LogP contribution in [-0.2, 0) is 16.0 Å². The van der Waals surface area contributed by atoms with E-state index in [2.05, 4.69) is 24.3 Å². The van der Waals surface area contributed by atoms with Gasteiger partial charge < -0.3 is 9.69 Å². The Morgan fingerprint density at radius 2 is 1.93 bits per heavy atom. The van der Waals surface area contributed by atoms with Crippen molar-refractivity contribution in [1.29, 1.82) is 0 Å². The van der Waals surface area contributed by atoms with Crippen molar-refractivity contribution in [2.24, 2.45) is 23.7 Å². The van der Waals surface area contributed by atoms with Crippen LogP contribution >= 0.6 is 11.6 Å². The van der Waals surface area contributed by atoms with Gasteiger partial charge in [0.1, 0.15) is 6.29 Å². The summed E-state index contributed by atoms with van der Waals surface area (Å²) in [6.07, 6.45) is 15.0. The molecule has 3 unspecified atom stereocenters. The second-order valence-corrected chi connectivity index (χ2v) is 9.22. The SMILES string of the molecule is Cc1cc(Cl)ccc1CC(CC=O)CC(=O)N(C)CCC1CC2C=CC=CC2C1. The van der Waals surface area contributed by atoms with E-state index in [4.69, 9.17) is 11.6 Å². The first-order valence-corrected chi connectivity index (χ1v) is 11.1. The molecule has 2 aliphatic carbocycles. The molecular formula is C25H32ClNO2. The standard InChI is InChI=1S/C25H32ClNO2/c1-18-13-24(26)8-7-21(18)14-20(10-12-28)17-25(29)27(2)11-9-19-15-22-5-3-4-6-23(22)16-19/h3-8,12-13,19-20,22-23H,9-11,14-17H2,1-2H3. The fourth-order valence-electron chi connectivity index (χ4n) is 4.79. The molecule has 0 aromatic heterocycles. The molecule has 1 saturated carbocycles. The zero-order chi connectivity index (χ0) is 20.8. The van der Waals surface area contributed by atoms with Crippen LogP contribution in [0.15, 0.2) is 42.5 Å². The third-order valence-electron chi connectivity index (χ3n) is 6.59. The highest BCUT2D eigenvalue weighted by molar-refractivity contribution is 6.30. The van der Waals surface area contributed by atoms with Gasteiger partial charge in [-0.3, -0.25) is 4.79 Å². The van der Waals surface area contributed by atoms with Crippen LogP contribution in [0.5, 0.6) is 0 Å². The molecule has 1 aromatic carbocycles. The van der Waals surface area contributed by atoms with Crippen LogP contribution in [0.1, 0.15) is 43.2 Å². The van der Waals surface area contributed by atoms with Crippen molar-refractivity contribution in [1.82, 2.24) is 4.90 Å². The van der Waals surface area contributed by atoms with Crippen molar-refractivity contribution in [2.45, 2.75) is 45.4 Å². The highest BCUT2D eigenvalue weighted by Gasteiger charge is 2.32. The maximum Gasteiger partial charge on any atom is 0.222 e. The fourth-order valence-corrected chi connectivity index (χ4v) is 5.01. The highest BCUT2D eigenvalue weighted by Crippen LogP contribution is 2.41. The van der Waals surface area contributed by atoms with Gasteiger partial charge in [-0.1, -0.05) is 42.0 Å². The number of amides is 1. The maximum absolute atomic E-state index is 12.8. The first-order valence-electron chi connectivity index (χ1n) is 10.7. The van der Waals surface area contributed by atoms with Crippen molar-refractivity contribution in [3.63, 3.8) is 0 Å². The van der Waals surface area contributed by atoms with Gasteiger partial charge in [0.05, 0.1) is 0 Å². The van der Waals surface area contributed by atoms with E-state index in [1.165, 1.54) is 12.8 Å². The van der Waals surface area contributed by atoms with E-state index in [1.807, 2.05) is 37.1 Å². The van der Waals surface area contributed by atoms with E-state index in [1.54, 1.807) is 0 Å². The molecule has 3 rings (SSSR count). The van der Waals surface area contributed by atoms with Gasteiger partial charge in [-0.25, -0.2) is 0 Å². The molecule has 156 valence electrons. The lowest BCUT2D eigenvalue weighted by Crippen LogP contribution is -2.30. The van der Waals surface area contributed by atoms with Crippen LogP contribution in [0.2, 0.25) is 5.02 Å². The zero-order valence-corrected chi connectivity index (χ0v) is 18.3. The van der Waals surface area contributed by atoms with E-state index in [0.29, 0.717) is 35.6 Å². The molecule has 1 fully saturated rings. The lowest BCUT2D eigenvalue weighted by molar-refractivity contribution is -0.131. The minimum Gasteiger partial charge on any atom is -0.346 e. The molecule has 2 aliphatic rings. The molecule has 1 amide bonds. The summed E-state index contributed by atoms with van der Waals surface area (Å²) in [6, 6.07) is 5.82. The van der Waals surface area contributed by atoms with Gasteiger partial charge in [-0.2, -0.15) is 0 Å². The van der Waals surface area contributed by atoms with Crippen molar-refractivity contribution in [2.75, 3.05) is 13.6 Å². The number of hydrogen-bond acceptors (Lipinski definition) is 2. The summed E-state index contributed by atoms with van der Waals surface area (Å²) in [6.45, 7) is 2.82. The fraction of sp³-hybridized carbons (Fsp3) is 0.520. The molecule has 0 heterocycles. The number of halogens is 1. The monoisotopic (exact) mass is 413 g/mol. The summed E-state index contributed by atoms with van der Waals surface area (Å²) in [5.41, 5.74) is 2.27. The number of aryl methyl sites for hydroxylation is 1. The smallest absolute Gasteiger partial charge is 0.222 e. The molecule has 0 bridgehead atoms. The quantitative estimate of drug-likeness (QED) is 0.508. The van der Waals surface area contributed by atoms with Gasteiger partial charge in [0.15, 0.2) is 0 Å². The van der Waals surface area contributed by atoms with E-state index in [0.717, 1.165) is 36.8 Å². The molecule has 3 atom stereocenters. The van der Waals surface area contributed by atoms with Gasteiger partial charge in [-0.15, -0.1) is 0 Å². The molecule has 0 spiro atoms. The normalized spacial score (nSPS) is 23.6. The Labute approximate surface area is 179 Å². The lowest BCUT2D eigenvalue weighted by Gasteiger charge is -2.22. The number of aldehydes is 1. The van der Waals surface area contributed by atoms with E-state index in [9.17, 15) is 9.59 Å². The summed E-state index contributed by atoms with van der Waals surface area (Å²) in [5, 5.41) is 0.715. The Balaban J connectivity index is 1.49. The average molecular weight is 414 g/mol. The average Bonchev–Trinajstić information content (AvgIpc) is 3.11. The molecule has 0 radical (unpaired) electrons. The number of carbonyl (C=O) groups is 2. The predicted octanol–water partition coefficient (Wildman–Crippen LogP) is 5.40. The summed E-state index contributed by atoms with van der Waals surface area (Å²) >= 11 is 6.04. The van der Waals surface area contributed by atoms with Crippen LogP contribution in [0, 0.1) is 30.6 Å². The molecule has 0 saturated heterocycles. The van der Waals surface area contributed by atoms with Crippen LogP contribution in [0.3, 0.4) is 0 Å². The number of hydrogen-bond donors (Lipinski definition) is 0. The molecule has 4 heteroatoms. The van der Waals surface area contributed by atoms with Crippen molar-refractivity contribution < 1.29 is 9.59 Å². The van der Waals surface area contributed by atoms with E-state index in [-0.39, 0.29) is 11.8 Å². The number of fused-ring (bicyclic) bond motifs is 1. The number of carbonyl (C=O) groups excluding carboxylic acids is 2. The number of benzene rings is 1. The first-order chi connectivity index (χ1) is 14.0. The van der Waals surface area contributed by atoms with Gasteiger partial charge in [0, 0.05) is 31.5 Å². The largest absolute Gasteiger partial charge is 0.346 e. The van der Waals surface area contributed by atoms with Crippen molar-refractivity contribution >= 4 is 23.8 Å². The van der Waals surface area contributed by atoms with E-state index < -0.39 is 0 Å². The van der Waals surface area contributed by atoms with Crippen molar-refractivity contribution in [3.05, 3.63) is 58.7 Å². The lowest BCUT2D eigenvalue weighted by atomic mass is 9.91. The Morgan fingerprint density at radius 3 is 2.55 bits per heavy atom. The maximum atomic E-state index is 12.8. The number of allylic oxidation sites excluding steroid dienone is 4. The van der Waals surface area contributed by atoms with Crippen LogP contribution < -0.4 is 0 Å². The zero-order valence-electron chi connectivity index (χ0n) is 17.5. The topological polar surface area (TPSA) is 37.4 Å². The number of nitrogens with zero attached hydrogens (tertiary/aromatic N) is 1. The van der Waals surface area contributed by atoms with E-state index >= 15 is 0 Å². The van der Waals surface area contributed by atoms with Crippen LogP contribution in [0.4, 0.5) is 0 Å². The molecule has 29 heavy (non-hydrogen) atoms. The van der Waals surface area contributed by atoms with Crippen LogP contribution in [-0.4, -0.2) is 30.7 Å². The number of rotatable bonds is 9. The molecule has 1 aromatic rings. The Bertz CT molecular complexity index is 765. The van der Waals surface area contributed by atoms with Gasteiger partial charge in [0.25, 0.3) is 0 Å². The third-order valence-corrected chi connectivity index (χ3v) is 6.83. The minimum atomic E-state index is 0.0342. The summed E-state index contributed by atoms with van der Waals surface area (Å²) in [7, 11) is 1.90. The second-order valence-electron chi connectivity index (χ2n) is 8.79. The summed E-state index contributed by atoms with van der Waals surface area (Å²) in [5.74, 6) is 2.23. The Morgan fingerprint density at radius 1 is 1.24 bits per heavy atom. The summed E-state index contributed by atoms with van der Waals surface area (Å²) < 4.78 is 0. The predicted molar refractivity (Wildman–Crippen MR) is 119 cm³/mol. The minimum absolute atomic E-state index is 0.0342. The summed E-state index contributed by atoms with van der Waals surface area (Å²) in [4.78, 5) is 25.8. The van der Waals surface area contributed by atoms with Gasteiger partial charge in [-0.05, 0) is 79.5 Å². The van der Waals surface area contributed by atoms with Crippen molar-refractivity contribution in [3.8, 4) is 0 Å².